The minimum absolute atomic E-state index is 0.398. The third-order valence-electron chi connectivity index (χ3n) is 4.49. The molecule has 0 saturated carbocycles. The Morgan fingerprint density at radius 3 is 0.875 bits per heavy atom. The zero-order valence-corrected chi connectivity index (χ0v) is 16.1. The van der Waals surface area contributed by atoms with Gasteiger partial charge in [0, 0.05) is 39.3 Å². The molecule has 0 aromatic carbocycles. The molecule has 0 aromatic heterocycles. The number of aliphatic hydroxyl groups excluding tert-OH is 4. The lowest BCUT2D eigenvalue weighted by Gasteiger charge is -2.31. The standard InChI is InChI=1S/C18H40N2O4/c1-5-15(21)11-19(12-16(22)6-2)9-10-20(13-17(23)7-3)14-18(24)8-4/h15-18,21-24H,5-14H2,1-4H3. The number of hydrogen-bond donors (Lipinski definition) is 4. The van der Waals surface area contributed by atoms with Gasteiger partial charge in [-0.3, -0.25) is 9.80 Å². The zero-order chi connectivity index (χ0) is 18.5. The van der Waals surface area contributed by atoms with E-state index < -0.39 is 24.4 Å². The van der Waals surface area contributed by atoms with Crippen molar-refractivity contribution in [3.63, 3.8) is 0 Å². The van der Waals surface area contributed by atoms with Crippen molar-refractivity contribution in [2.45, 2.75) is 77.8 Å². The van der Waals surface area contributed by atoms with Gasteiger partial charge in [-0.1, -0.05) is 27.7 Å². The highest BCUT2D eigenvalue weighted by Crippen LogP contribution is 2.05. The molecule has 24 heavy (non-hydrogen) atoms. The van der Waals surface area contributed by atoms with Gasteiger partial charge in [0.2, 0.25) is 0 Å². The van der Waals surface area contributed by atoms with Crippen LogP contribution in [0.1, 0.15) is 53.4 Å². The minimum atomic E-state index is -0.398. The predicted molar refractivity (Wildman–Crippen MR) is 98.1 cm³/mol. The van der Waals surface area contributed by atoms with Crippen LogP contribution in [-0.4, -0.2) is 93.9 Å². The van der Waals surface area contributed by atoms with Crippen molar-refractivity contribution in [2.75, 3.05) is 39.3 Å². The van der Waals surface area contributed by atoms with Crippen LogP contribution in [0.3, 0.4) is 0 Å². The number of hydrogen-bond acceptors (Lipinski definition) is 6. The molecule has 0 bridgehead atoms. The lowest BCUT2D eigenvalue weighted by Crippen LogP contribution is -2.45. The van der Waals surface area contributed by atoms with Gasteiger partial charge in [-0.05, 0) is 25.7 Å². The Balaban J connectivity index is 4.66. The Morgan fingerprint density at radius 2 is 0.708 bits per heavy atom. The van der Waals surface area contributed by atoms with Gasteiger partial charge >= 0.3 is 0 Å². The van der Waals surface area contributed by atoms with Gasteiger partial charge in [0.05, 0.1) is 24.4 Å². The molecule has 6 nitrogen and oxygen atoms in total. The van der Waals surface area contributed by atoms with Crippen LogP contribution in [0, 0.1) is 0 Å². The molecule has 0 saturated heterocycles. The number of nitrogens with zero attached hydrogens (tertiary/aromatic N) is 2. The van der Waals surface area contributed by atoms with Crippen molar-refractivity contribution in [2.24, 2.45) is 0 Å². The molecule has 0 rings (SSSR count). The third-order valence-corrected chi connectivity index (χ3v) is 4.49. The van der Waals surface area contributed by atoms with Gasteiger partial charge in [0.25, 0.3) is 0 Å². The quantitative estimate of drug-likeness (QED) is 0.348. The first-order valence-electron chi connectivity index (χ1n) is 9.52. The van der Waals surface area contributed by atoms with Gasteiger partial charge in [0.1, 0.15) is 0 Å². The van der Waals surface area contributed by atoms with E-state index in [2.05, 4.69) is 9.80 Å². The van der Waals surface area contributed by atoms with Crippen LogP contribution in [0.25, 0.3) is 0 Å². The van der Waals surface area contributed by atoms with E-state index in [9.17, 15) is 20.4 Å². The van der Waals surface area contributed by atoms with Crippen LogP contribution in [0.15, 0.2) is 0 Å². The van der Waals surface area contributed by atoms with Gasteiger partial charge in [-0.15, -0.1) is 0 Å². The lowest BCUT2D eigenvalue weighted by atomic mass is 10.2. The monoisotopic (exact) mass is 348 g/mol. The molecule has 0 aromatic rings. The SMILES string of the molecule is CCC(O)CN(CCN(CC(O)CC)CC(O)CC)CC(O)CC. The summed E-state index contributed by atoms with van der Waals surface area (Å²) < 4.78 is 0. The van der Waals surface area contributed by atoms with Crippen LogP contribution in [0.2, 0.25) is 0 Å². The molecule has 0 radical (unpaired) electrons. The second kappa shape index (κ2) is 14.0. The Morgan fingerprint density at radius 1 is 0.500 bits per heavy atom. The van der Waals surface area contributed by atoms with E-state index >= 15 is 0 Å². The predicted octanol–water partition coefficient (Wildman–Crippen LogP) is 0.674. The third kappa shape index (κ3) is 11.3. The molecule has 146 valence electrons. The first-order chi connectivity index (χ1) is 11.4. The highest BCUT2D eigenvalue weighted by atomic mass is 16.3. The maximum Gasteiger partial charge on any atom is 0.0664 e. The smallest absolute Gasteiger partial charge is 0.0664 e. The molecule has 6 heteroatoms. The fourth-order valence-electron chi connectivity index (χ4n) is 2.51. The second-order valence-corrected chi connectivity index (χ2v) is 6.77. The van der Waals surface area contributed by atoms with E-state index in [1.165, 1.54) is 0 Å². The molecule has 0 aliphatic carbocycles. The summed E-state index contributed by atoms with van der Waals surface area (Å²) in [5, 5.41) is 39.7. The maximum absolute atomic E-state index is 9.93. The van der Waals surface area contributed by atoms with Gasteiger partial charge in [0.15, 0.2) is 0 Å². The van der Waals surface area contributed by atoms with Gasteiger partial charge in [-0.2, -0.15) is 0 Å². The lowest BCUT2D eigenvalue weighted by molar-refractivity contribution is 0.0394. The molecule has 0 amide bonds. The first-order valence-corrected chi connectivity index (χ1v) is 9.52. The van der Waals surface area contributed by atoms with Crippen molar-refractivity contribution in [3.05, 3.63) is 0 Å². The topological polar surface area (TPSA) is 87.4 Å². The van der Waals surface area contributed by atoms with Crippen LogP contribution < -0.4 is 0 Å². The maximum atomic E-state index is 9.93. The van der Waals surface area contributed by atoms with E-state index in [0.29, 0.717) is 65.0 Å². The minimum Gasteiger partial charge on any atom is -0.392 e. The van der Waals surface area contributed by atoms with Crippen LogP contribution in [-0.2, 0) is 0 Å². The van der Waals surface area contributed by atoms with Crippen LogP contribution >= 0.6 is 0 Å². The molecule has 0 spiro atoms. The van der Waals surface area contributed by atoms with E-state index in [0.717, 1.165) is 0 Å². The Hall–Kier alpha value is -0.240. The molecule has 0 heterocycles. The Kier molecular flexibility index (Phi) is 13.8. The van der Waals surface area contributed by atoms with Gasteiger partial charge in [-0.25, -0.2) is 0 Å². The van der Waals surface area contributed by atoms with E-state index in [1.54, 1.807) is 0 Å². The fourth-order valence-corrected chi connectivity index (χ4v) is 2.51. The van der Waals surface area contributed by atoms with E-state index in [1.807, 2.05) is 27.7 Å². The number of rotatable bonds is 15. The summed E-state index contributed by atoms with van der Waals surface area (Å²) in [6.45, 7) is 11.3. The van der Waals surface area contributed by atoms with Crippen molar-refractivity contribution >= 4 is 0 Å². The highest BCUT2D eigenvalue weighted by molar-refractivity contribution is 4.73. The zero-order valence-electron chi connectivity index (χ0n) is 16.1. The van der Waals surface area contributed by atoms with Crippen molar-refractivity contribution in [1.82, 2.24) is 9.80 Å². The fraction of sp³-hybridized carbons (Fsp3) is 1.00. The summed E-state index contributed by atoms with van der Waals surface area (Å²) in [5.74, 6) is 0. The summed E-state index contributed by atoms with van der Waals surface area (Å²) in [4.78, 5) is 4.15. The molecule has 4 N–H and O–H groups in total. The molecule has 0 aliphatic heterocycles. The van der Waals surface area contributed by atoms with Crippen LogP contribution in [0.5, 0.6) is 0 Å². The molecular weight excluding hydrogens is 308 g/mol. The summed E-state index contributed by atoms with van der Waals surface area (Å²) in [7, 11) is 0. The molecule has 4 atom stereocenters. The largest absolute Gasteiger partial charge is 0.392 e. The molecule has 0 aliphatic rings. The number of aliphatic hydroxyl groups is 4. The Labute approximate surface area is 148 Å². The van der Waals surface area contributed by atoms with Crippen LogP contribution in [0.4, 0.5) is 0 Å². The summed E-state index contributed by atoms with van der Waals surface area (Å²) in [6.07, 6.45) is 1.15. The summed E-state index contributed by atoms with van der Waals surface area (Å²) in [5.41, 5.74) is 0. The van der Waals surface area contributed by atoms with E-state index in [4.69, 9.17) is 0 Å². The Bertz CT molecular complexity index is 242. The van der Waals surface area contributed by atoms with Crippen molar-refractivity contribution < 1.29 is 20.4 Å². The molecule has 0 fully saturated rings. The molecule has 4 unspecified atom stereocenters. The highest BCUT2D eigenvalue weighted by Gasteiger charge is 2.18. The van der Waals surface area contributed by atoms with Crippen molar-refractivity contribution in [3.8, 4) is 0 Å². The average Bonchev–Trinajstić information content (AvgIpc) is 2.58. The summed E-state index contributed by atoms with van der Waals surface area (Å²) >= 11 is 0. The summed E-state index contributed by atoms with van der Waals surface area (Å²) in [6, 6.07) is 0. The first kappa shape index (κ1) is 23.8. The van der Waals surface area contributed by atoms with E-state index in [-0.39, 0.29) is 0 Å². The second-order valence-electron chi connectivity index (χ2n) is 6.77. The molecular formula is C18H40N2O4. The normalized spacial score (nSPS) is 17.2. The van der Waals surface area contributed by atoms with Gasteiger partial charge < -0.3 is 20.4 Å². The average molecular weight is 349 g/mol. The van der Waals surface area contributed by atoms with Crippen molar-refractivity contribution in [1.29, 1.82) is 0 Å².